The van der Waals surface area contributed by atoms with Gasteiger partial charge in [-0.25, -0.2) is 4.79 Å². The van der Waals surface area contributed by atoms with E-state index in [4.69, 9.17) is 4.74 Å². The standard InChI is InChI=1S/C18H23N3O4/c1-2-10-25-14-7-6-13(15(22)11-14)12-19-21-16(23)18(20-17(21)24)8-4-3-5-9-18/h6-7,11-12,22H,2-5,8-10H2,1H3,(H,20,24)/b19-12+. The van der Waals surface area contributed by atoms with Crippen LogP contribution in [0.4, 0.5) is 4.79 Å². The van der Waals surface area contributed by atoms with Crippen molar-refractivity contribution in [2.24, 2.45) is 5.10 Å². The number of nitrogens with one attached hydrogen (secondary N) is 1. The molecule has 0 radical (unpaired) electrons. The van der Waals surface area contributed by atoms with Crippen LogP contribution in [-0.4, -0.2) is 40.4 Å². The first-order valence-corrected chi connectivity index (χ1v) is 8.72. The molecule has 0 bridgehead atoms. The zero-order valence-corrected chi connectivity index (χ0v) is 14.3. The maximum Gasteiger partial charge on any atom is 0.346 e. The van der Waals surface area contributed by atoms with Crippen LogP contribution in [-0.2, 0) is 4.79 Å². The van der Waals surface area contributed by atoms with Gasteiger partial charge in [0.1, 0.15) is 17.0 Å². The fraction of sp³-hybridized carbons (Fsp3) is 0.500. The van der Waals surface area contributed by atoms with Gasteiger partial charge in [-0.1, -0.05) is 26.2 Å². The molecule has 2 N–H and O–H groups in total. The monoisotopic (exact) mass is 345 g/mol. The molecule has 2 fully saturated rings. The molecule has 1 aromatic carbocycles. The summed E-state index contributed by atoms with van der Waals surface area (Å²) in [7, 11) is 0. The highest BCUT2D eigenvalue weighted by Gasteiger charge is 2.51. The minimum Gasteiger partial charge on any atom is -0.507 e. The second-order valence-electron chi connectivity index (χ2n) is 6.50. The van der Waals surface area contributed by atoms with Crippen molar-refractivity contribution in [1.82, 2.24) is 10.3 Å². The molecule has 2 aliphatic rings. The van der Waals surface area contributed by atoms with E-state index in [1.807, 2.05) is 6.92 Å². The fourth-order valence-electron chi connectivity index (χ4n) is 3.27. The van der Waals surface area contributed by atoms with E-state index >= 15 is 0 Å². The number of hydrogen-bond acceptors (Lipinski definition) is 5. The van der Waals surface area contributed by atoms with E-state index in [2.05, 4.69) is 10.4 Å². The van der Waals surface area contributed by atoms with Crippen LogP contribution in [0, 0.1) is 0 Å². The van der Waals surface area contributed by atoms with Crippen LogP contribution in [0.5, 0.6) is 11.5 Å². The van der Waals surface area contributed by atoms with Gasteiger partial charge in [0.2, 0.25) is 0 Å². The van der Waals surface area contributed by atoms with Crippen LogP contribution < -0.4 is 10.1 Å². The largest absolute Gasteiger partial charge is 0.507 e. The first kappa shape index (κ1) is 17.3. The predicted molar refractivity (Wildman–Crippen MR) is 92.7 cm³/mol. The molecule has 3 amide bonds. The Morgan fingerprint density at radius 3 is 2.76 bits per heavy atom. The molecule has 0 aromatic heterocycles. The summed E-state index contributed by atoms with van der Waals surface area (Å²) in [6, 6.07) is 4.33. The van der Waals surface area contributed by atoms with Gasteiger partial charge in [-0.05, 0) is 31.4 Å². The van der Waals surface area contributed by atoms with Crippen molar-refractivity contribution in [1.29, 1.82) is 0 Å². The van der Waals surface area contributed by atoms with Gasteiger partial charge in [0.25, 0.3) is 5.91 Å². The number of hydrazone groups is 1. The summed E-state index contributed by atoms with van der Waals surface area (Å²) in [4.78, 5) is 24.8. The lowest BCUT2D eigenvalue weighted by molar-refractivity contribution is -0.132. The minimum absolute atomic E-state index is 0.0169. The van der Waals surface area contributed by atoms with Crippen LogP contribution in [0.25, 0.3) is 0 Å². The Hall–Kier alpha value is -2.57. The van der Waals surface area contributed by atoms with E-state index in [9.17, 15) is 14.7 Å². The molecule has 1 spiro atoms. The number of rotatable bonds is 5. The number of amides is 3. The molecular formula is C18H23N3O4. The lowest BCUT2D eigenvalue weighted by atomic mass is 9.82. The molecule has 0 unspecified atom stereocenters. The number of urea groups is 1. The zero-order chi connectivity index (χ0) is 17.9. The van der Waals surface area contributed by atoms with Crippen molar-refractivity contribution in [2.75, 3.05) is 6.61 Å². The molecular weight excluding hydrogens is 322 g/mol. The van der Waals surface area contributed by atoms with E-state index in [-0.39, 0.29) is 11.7 Å². The van der Waals surface area contributed by atoms with Gasteiger partial charge >= 0.3 is 6.03 Å². The van der Waals surface area contributed by atoms with Gasteiger partial charge in [-0.15, -0.1) is 5.01 Å². The minimum atomic E-state index is -0.799. The Bertz CT molecular complexity index is 696. The van der Waals surface area contributed by atoms with Gasteiger partial charge in [-0.3, -0.25) is 4.79 Å². The van der Waals surface area contributed by atoms with Crippen molar-refractivity contribution in [2.45, 2.75) is 51.0 Å². The van der Waals surface area contributed by atoms with Gasteiger partial charge in [0.15, 0.2) is 0 Å². The molecule has 7 heteroatoms. The summed E-state index contributed by atoms with van der Waals surface area (Å²) in [5, 5.41) is 17.7. The van der Waals surface area contributed by atoms with Crippen LogP contribution in [0.15, 0.2) is 23.3 Å². The first-order valence-electron chi connectivity index (χ1n) is 8.72. The molecule has 7 nitrogen and oxygen atoms in total. The number of aromatic hydroxyl groups is 1. The van der Waals surface area contributed by atoms with Gasteiger partial charge in [0.05, 0.1) is 12.8 Å². The predicted octanol–water partition coefficient (Wildman–Crippen LogP) is 2.77. The number of phenols is 1. The molecule has 134 valence electrons. The summed E-state index contributed by atoms with van der Waals surface area (Å²) >= 11 is 0. The number of nitrogens with zero attached hydrogens (tertiary/aromatic N) is 2. The van der Waals surface area contributed by atoms with E-state index in [1.165, 1.54) is 12.3 Å². The zero-order valence-electron chi connectivity index (χ0n) is 14.3. The van der Waals surface area contributed by atoms with Crippen molar-refractivity contribution in [3.05, 3.63) is 23.8 Å². The number of carbonyl (C=O) groups is 2. The lowest BCUT2D eigenvalue weighted by Crippen LogP contribution is -2.48. The SMILES string of the molecule is CCCOc1ccc(/C=N/N2C(=O)NC3(CCCCC3)C2=O)c(O)c1. The third-order valence-corrected chi connectivity index (χ3v) is 4.63. The third-order valence-electron chi connectivity index (χ3n) is 4.63. The smallest absolute Gasteiger partial charge is 0.346 e. The van der Waals surface area contributed by atoms with Gasteiger partial charge < -0.3 is 15.2 Å². The van der Waals surface area contributed by atoms with Crippen molar-refractivity contribution < 1.29 is 19.4 Å². The van der Waals surface area contributed by atoms with Crippen LogP contribution in [0.1, 0.15) is 51.0 Å². The number of hydrogen-bond donors (Lipinski definition) is 2. The Balaban J connectivity index is 1.73. The number of benzene rings is 1. The highest BCUT2D eigenvalue weighted by Crippen LogP contribution is 2.33. The molecule has 1 aromatic rings. The average molecular weight is 345 g/mol. The average Bonchev–Trinajstić information content (AvgIpc) is 2.83. The van der Waals surface area contributed by atoms with E-state index < -0.39 is 11.6 Å². The second-order valence-corrected chi connectivity index (χ2v) is 6.50. The summed E-state index contributed by atoms with van der Waals surface area (Å²) in [6.07, 6.45) is 6.41. The normalized spacial score (nSPS) is 19.6. The lowest BCUT2D eigenvalue weighted by Gasteiger charge is -2.29. The fourth-order valence-corrected chi connectivity index (χ4v) is 3.27. The molecule has 1 saturated carbocycles. The topological polar surface area (TPSA) is 91.2 Å². The van der Waals surface area contributed by atoms with E-state index in [1.54, 1.807) is 12.1 Å². The highest BCUT2D eigenvalue weighted by atomic mass is 16.5. The molecule has 25 heavy (non-hydrogen) atoms. The van der Waals surface area contributed by atoms with Crippen molar-refractivity contribution in [3.8, 4) is 11.5 Å². The first-order chi connectivity index (χ1) is 12.1. The molecule has 1 aliphatic heterocycles. The van der Waals surface area contributed by atoms with Crippen LogP contribution in [0.2, 0.25) is 0 Å². The summed E-state index contributed by atoms with van der Waals surface area (Å²) in [6.45, 7) is 2.56. The highest BCUT2D eigenvalue weighted by molar-refractivity contribution is 6.07. The molecule has 1 aliphatic carbocycles. The molecule has 0 atom stereocenters. The second kappa shape index (κ2) is 7.13. The Morgan fingerprint density at radius 2 is 2.08 bits per heavy atom. The number of carbonyl (C=O) groups excluding carboxylic acids is 2. The van der Waals surface area contributed by atoms with Crippen LogP contribution in [0.3, 0.4) is 0 Å². The van der Waals surface area contributed by atoms with E-state index in [0.717, 1.165) is 30.7 Å². The Kier molecular flexibility index (Phi) is 4.92. The Morgan fingerprint density at radius 1 is 1.32 bits per heavy atom. The van der Waals surface area contributed by atoms with Gasteiger partial charge in [0, 0.05) is 11.6 Å². The molecule has 1 saturated heterocycles. The van der Waals surface area contributed by atoms with Crippen molar-refractivity contribution >= 4 is 18.2 Å². The molecule has 1 heterocycles. The van der Waals surface area contributed by atoms with Crippen LogP contribution >= 0.6 is 0 Å². The van der Waals surface area contributed by atoms with Gasteiger partial charge in [-0.2, -0.15) is 5.10 Å². The van der Waals surface area contributed by atoms with Crippen molar-refractivity contribution in [3.63, 3.8) is 0 Å². The van der Waals surface area contributed by atoms with E-state index in [0.29, 0.717) is 30.8 Å². The number of imide groups is 1. The molecule has 3 rings (SSSR count). The maximum atomic E-state index is 12.6. The summed E-state index contributed by atoms with van der Waals surface area (Å²) < 4.78 is 5.45. The summed E-state index contributed by atoms with van der Waals surface area (Å²) in [5.41, 5.74) is -0.388. The third kappa shape index (κ3) is 3.45. The quantitative estimate of drug-likeness (QED) is 0.634. The maximum absolute atomic E-state index is 12.6. The number of ether oxygens (including phenoxy) is 1. The Labute approximate surface area is 146 Å². The summed E-state index contributed by atoms with van der Waals surface area (Å²) in [5.74, 6) is 0.236. The number of phenolic OH excluding ortho intramolecular Hbond substituents is 1.